The average molecular weight is 354 g/mol. The molecule has 0 aliphatic heterocycles. The maximum atomic E-state index is 7.74. The fourth-order valence-corrected chi connectivity index (χ4v) is 3.50. The van der Waals surface area contributed by atoms with Crippen LogP contribution < -0.4 is 0 Å². The molecule has 0 spiro atoms. The molecule has 0 unspecified atom stereocenters. The number of hydrogen-bond acceptors (Lipinski definition) is 3. The van der Waals surface area contributed by atoms with Crippen LogP contribution in [0.5, 0.6) is 0 Å². The van der Waals surface area contributed by atoms with Crippen LogP contribution >= 0.6 is 0 Å². The molecular weight excluding hydrogens is 336 g/mol. The second kappa shape index (κ2) is 6.89. The minimum atomic E-state index is 0.490. The van der Waals surface area contributed by atoms with E-state index in [2.05, 4.69) is 61.9 Å². The van der Waals surface area contributed by atoms with Crippen molar-refractivity contribution in [2.75, 3.05) is 0 Å². The molecule has 0 saturated heterocycles. The van der Waals surface area contributed by atoms with Crippen molar-refractivity contribution in [1.82, 2.24) is 25.2 Å². The summed E-state index contributed by atoms with van der Waals surface area (Å²) >= 11 is 0. The maximum absolute atomic E-state index is 7.74. The number of tetrazole rings is 1. The Morgan fingerprint density at radius 3 is 2.26 bits per heavy atom. The molecule has 0 atom stereocenters. The number of nitrogens with zero attached hydrogens (tertiary/aromatic N) is 5. The third-order valence-electron chi connectivity index (χ3n) is 4.77. The summed E-state index contributed by atoms with van der Waals surface area (Å²) in [5, 5.41) is 14.5. The van der Waals surface area contributed by atoms with Gasteiger partial charge in [-0.3, -0.25) is 0 Å². The number of nitrogens with one attached hydrogen (secondary N) is 1. The zero-order valence-electron chi connectivity index (χ0n) is 15.1. The SMILES string of the molecule is [C-]#[N+]c1c(-c2ccc(-c3ccccc3)cc2)c(-c2nn[nH]n2)n(C)c1CC. The lowest BCUT2D eigenvalue weighted by molar-refractivity contribution is 0.841. The van der Waals surface area contributed by atoms with Gasteiger partial charge in [-0.15, -0.1) is 10.2 Å². The van der Waals surface area contributed by atoms with E-state index in [1.165, 1.54) is 0 Å². The third kappa shape index (κ3) is 2.79. The average Bonchev–Trinajstić information content (AvgIpc) is 3.34. The zero-order valence-corrected chi connectivity index (χ0v) is 15.1. The molecule has 2 aromatic heterocycles. The standard InChI is InChI=1S/C21H18N6/c1-4-17-19(22-2)18(20(27(17)3)21-23-25-26-24-21)16-12-10-15(11-13-16)14-8-6-5-7-9-14/h5-13H,4H2,1,3H3,(H,23,24,25,26). The van der Waals surface area contributed by atoms with Crippen LogP contribution in [-0.2, 0) is 13.5 Å². The molecular formula is C21H18N6. The van der Waals surface area contributed by atoms with Crippen LogP contribution in [0.3, 0.4) is 0 Å². The van der Waals surface area contributed by atoms with Gasteiger partial charge in [0.1, 0.15) is 0 Å². The smallest absolute Gasteiger partial charge is 0.220 e. The molecule has 0 radical (unpaired) electrons. The van der Waals surface area contributed by atoms with E-state index in [1.807, 2.05) is 36.7 Å². The van der Waals surface area contributed by atoms with Gasteiger partial charge in [-0.25, -0.2) is 4.85 Å². The molecule has 0 aliphatic rings. The van der Waals surface area contributed by atoms with Crippen molar-refractivity contribution in [1.29, 1.82) is 0 Å². The van der Waals surface area contributed by atoms with Gasteiger partial charge in [0.05, 0.1) is 12.3 Å². The van der Waals surface area contributed by atoms with Crippen molar-refractivity contribution in [3.05, 3.63) is 71.7 Å². The number of benzene rings is 2. The molecule has 0 fully saturated rings. The molecule has 27 heavy (non-hydrogen) atoms. The van der Waals surface area contributed by atoms with E-state index in [1.54, 1.807) is 0 Å². The molecule has 0 aliphatic carbocycles. The largest absolute Gasteiger partial charge is 0.355 e. The predicted molar refractivity (Wildman–Crippen MR) is 105 cm³/mol. The van der Waals surface area contributed by atoms with Crippen LogP contribution in [0, 0.1) is 6.57 Å². The molecule has 132 valence electrons. The maximum Gasteiger partial charge on any atom is 0.220 e. The predicted octanol–water partition coefficient (Wildman–Crippen LogP) is 4.65. The first-order valence-corrected chi connectivity index (χ1v) is 8.73. The minimum absolute atomic E-state index is 0.490. The van der Waals surface area contributed by atoms with Gasteiger partial charge >= 0.3 is 0 Å². The Morgan fingerprint density at radius 2 is 1.67 bits per heavy atom. The Morgan fingerprint density at radius 1 is 1.00 bits per heavy atom. The molecule has 0 amide bonds. The van der Waals surface area contributed by atoms with E-state index in [0.717, 1.165) is 40.1 Å². The van der Waals surface area contributed by atoms with Crippen molar-refractivity contribution < 1.29 is 0 Å². The summed E-state index contributed by atoms with van der Waals surface area (Å²) < 4.78 is 2.00. The van der Waals surface area contributed by atoms with E-state index >= 15 is 0 Å². The first kappa shape index (κ1) is 16.7. The Balaban J connectivity index is 1.90. The summed E-state index contributed by atoms with van der Waals surface area (Å²) in [4.78, 5) is 3.83. The van der Waals surface area contributed by atoms with E-state index in [-0.39, 0.29) is 0 Å². The summed E-state index contributed by atoms with van der Waals surface area (Å²) in [6.45, 7) is 9.79. The monoisotopic (exact) mass is 354 g/mol. The quantitative estimate of drug-likeness (QED) is 0.543. The highest BCUT2D eigenvalue weighted by Crippen LogP contribution is 2.43. The summed E-state index contributed by atoms with van der Waals surface area (Å²) in [7, 11) is 1.95. The minimum Gasteiger partial charge on any atom is -0.355 e. The normalized spacial score (nSPS) is 10.7. The van der Waals surface area contributed by atoms with Crippen LogP contribution in [0.4, 0.5) is 5.69 Å². The fraction of sp³-hybridized carbons (Fsp3) is 0.143. The van der Waals surface area contributed by atoms with Crippen LogP contribution in [0.1, 0.15) is 12.6 Å². The van der Waals surface area contributed by atoms with Crippen LogP contribution in [0.15, 0.2) is 54.6 Å². The van der Waals surface area contributed by atoms with E-state index in [0.29, 0.717) is 11.5 Å². The van der Waals surface area contributed by atoms with Crippen LogP contribution in [0.25, 0.3) is 38.6 Å². The Kier molecular flexibility index (Phi) is 4.27. The first-order chi connectivity index (χ1) is 13.2. The van der Waals surface area contributed by atoms with Crippen molar-refractivity contribution >= 4 is 5.69 Å². The number of aromatic nitrogens is 5. The van der Waals surface area contributed by atoms with Gasteiger partial charge in [-0.05, 0) is 28.3 Å². The second-order valence-electron chi connectivity index (χ2n) is 6.22. The first-order valence-electron chi connectivity index (χ1n) is 8.73. The lowest BCUT2D eigenvalue weighted by Gasteiger charge is -2.07. The van der Waals surface area contributed by atoms with E-state index < -0.39 is 0 Å². The molecule has 0 saturated carbocycles. The molecule has 0 bridgehead atoms. The van der Waals surface area contributed by atoms with Crippen LogP contribution in [0.2, 0.25) is 0 Å². The lowest BCUT2D eigenvalue weighted by atomic mass is 9.99. The summed E-state index contributed by atoms with van der Waals surface area (Å²) in [5.41, 5.74) is 6.53. The van der Waals surface area contributed by atoms with Crippen molar-refractivity contribution in [2.24, 2.45) is 7.05 Å². The van der Waals surface area contributed by atoms with Gasteiger partial charge in [0, 0.05) is 18.3 Å². The van der Waals surface area contributed by atoms with Gasteiger partial charge < -0.3 is 4.57 Å². The van der Waals surface area contributed by atoms with Gasteiger partial charge in [0.15, 0.2) is 0 Å². The molecule has 2 heterocycles. The Hall–Kier alpha value is -3.72. The molecule has 4 rings (SSSR count). The van der Waals surface area contributed by atoms with Gasteiger partial charge in [0.2, 0.25) is 11.5 Å². The number of aromatic amines is 1. The highest BCUT2D eigenvalue weighted by Gasteiger charge is 2.24. The highest BCUT2D eigenvalue weighted by molar-refractivity contribution is 5.92. The summed E-state index contributed by atoms with van der Waals surface area (Å²) in [6, 6.07) is 18.5. The van der Waals surface area contributed by atoms with Gasteiger partial charge in [-0.1, -0.05) is 61.5 Å². The van der Waals surface area contributed by atoms with Crippen molar-refractivity contribution in [3.63, 3.8) is 0 Å². The van der Waals surface area contributed by atoms with Crippen LogP contribution in [-0.4, -0.2) is 25.2 Å². The van der Waals surface area contributed by atoms with E-state index in [9.17, 15) is 0 Å². The topological polar surface area (TPSA) is 63.8 Å². The second-order valence-corrected chi connectivity index (χ2v) is 6.22. The fourth-order valence-electron chi connectivity index (χ4n) is 3.50. The lowest BCUT2D eigenvalue weighted by Crippen LogP contribution is -1.98. The van der Waals surface area contributed by atoms with Gasteiger partial charge in [-0.2, -0.15) is 5.21 Å². The third-order valence-corrected chi connectivity index (χ3v) is 4.77. The zero-order chi connectivity index (χ0) is 18.8. The summed E-state index contributed by atoms with van der Waals surface area (Å²) in [6.07, 6.45) is 0.751. The molecule has 6 heteroatoms. The Labute approximate surface area is 157 Å². The van der Waals surface area contributed by atoms with Gasteiger partial charge in [0.25, 0.3) is 0 Å². The molecule has 1 N–H and O–H groups in total. The number of rotatable bonds is 4. The molecule has 6 nitrogen and oxygen atoms in total. The summed E-state index contributed by atoms with van der Waals surface area (Å²) in [5.74, 6) is 0.490. The van der Waals surface area contributed by atoms with Crippen molar-refractivity contribution in [2.45, 2.75) is 13.3 Å². The Bertz CT molecular complexity index is 1100. The van der Waals surface area contributed by atoms with E-state index in [4.69, 9.17) is 6.57 Å². The molecule has 2 aromatic carbocycles. The number of H-pyrrole nitrogens is 1. The molecule has 4 aromatic rings. The number of hydrogen-bond donors (Lipinski definition) is 1. The van der Waals surface area contributed by atoms with Crippen molar-refractivity contribution in [3.8, 4) is 33.8 Å². The highest BCUT2D eigenvalue weighted by atomic mass is 15.5.